The van der Waals surface area contributed by atoms with E-state index in [9.17, 15) is 0 Å². The molecule has 2 unspecified atom stereocenters. The molecule has 0 spiro atoms. The Balaban J connectivity index is 1.97. The molecule has 2 N–H and O–H groups in total. The SMILES string of the molecule is NCC1CCCCC1c1ccc2ncccc2c1. The Bertz CT molecular complexity index is 535. The Labute approximate surface area is 108 Å². The van der Waals surface area contributed by atoms with E-state index >= 15 is 0 Å². The molecule has 1 fully saturated rings. The zero-order valence-electron chi connectivity index (χ0n) is 10.7. The van der Waals surface area contributed by atoms with Crippen LogP contribution in [0.2, 0.25) is 0 Å². The summed E-state index contributed by atoms with van der Waals surface area (Å²) in [4.78, 5) is 4.38. The minimum absolute atomic E-state index is 0.647. The van der Waals surface area contributed by atoms with Crippen molar-refractivity contribution in [3.8, 4) is 0 Å². The van der Waals surface area contributed by atoms with Crippen LogP contribution in [0.1, 0.15) is 37.2 Å². The van der Waals surface area contributed by atoms with E-state index < -0.39 is 0 Å². The van der Waals surface area contributed by atoms with Gasteiger partial charge in [0.15, 0.2) is 0 Å². The Hall–Kier alpha value is -1.41. The molecule has 0 radical (unpaired) electrons. The molecule has 94 valence electrons. The van der Waals surface area contributed by atoms with E-state index in [2.05, 4.69) is 29.2 Å². The third-order valence-corrected chi connectivity index (χ3v) is 4.27. The second-order valence-electron chi connectivity index (χ2n) is 5.34. The monoisotopic (exact) mass is 240 g/mol. The summed E-state index contributed by atoms with van der Waals surface area (Å²) >= 11 is 0. The van der Waals surface area contributed by atoms with Crippen LogP contribution >= 0.6 is 0 Å². The van der Waals surface area contributed by atoms with Gasteiger partial charge in [-0.3, -0.25) is 4.98 Å². The first-order valence-corrected chi connectivity index (χ1v) is 6.93. The average molecular weight is 240 g/mol. The lowest BCUT2D eigenvalue weighted by atomic mass is 9.75. The summed E-state index contributed by atoms with van der Waals surface area (Å²) in [6.45, 7) is 0.815. The zero-order chi connectivity index (χ0) is 12.4. The second kappa shape index (κ2) is 5.07. The van der Waals surface area contributed by atoms with Gasteiger partial charge in [0.2, 0.25) is 0 Å². The van der Waals surface area contributed by atoms with Gasteiger partial charge in [-0.25, -0.2) is 0 Å². The number of rotatable bonds is 2. The molecular weight excluding hydrogens is 220 g/mol. The molecule has 1 aliphatic rings. The summed E-state index contributed by atoms with van der Waals surface area (Å²) in [5.41, 5.74) is 8.47. The van der Waals surface area contributed by atoms with Crippen molar-refractivity contribution in [2.45, 2.75) is 31.6 Å². The third kappa shape index (κ3) is 2.13. The highest BCUT2D eigenvalue weighted by atomic mass is 14.6. The van der Waals surface area contributed by atoms with E-state index in [-0.39, 0.29) is 0 Å². The molecule has 1 aromatic carbocycles. The molecule has 1 aliphatic carbocycles. The van der Waals surface area contributed by atoms with Crippen molar-refractivity contribution in [1.82, 2.24) is 4.98 Å². The van der Waals surface area contributed by atoms with Gasteiger partial charge in [-0.15, -0.1) is 0 Å². The predicted molar refractivity (Wildman–Crippen MR) is 75.5 cm³/mol. The summed E-state index contributed by atoms with van der Waals surface area (Å²) < 4.78 is 0. The second-order valence-corrected chi connectivity index (χ2v) is 5.34. The lowest BCUT2D eigenvalue weighted by Gasteiger charge is -2.31. The molecule has 1 aromatic heterocycles. The van der Waals surface area contributed by atoms with Gasteiger partial charge in [0.25, 0.3) is 0 Å². The number of nitrogens with zero attached hydrogens (tertiary/aromatic N) is 1. The number of fused-ring (bicyclic) bond motifs is 1. The van der Waals surface area contributed by atoms with Crippen molar-refractivity contribution in [3.05, 3.63) is 42.1 Å². The van der Waals surface area contributed by atoms with Crippen LogP contribution in [0, 0.1) is 5.92 Å². The van der Waals surface area contributed by atoms with Crippen molar-refractivity contribution in [1.29, 1.82) is 0 Å². The van der Waals surface area contributed by atoms with Gasteiger partial charge in [0, 0.05) is 11.6 Å². The number of pyridine rings is 1. The molecule has 2 nitrogen and oxygen atoms in total. The van der Waals surface area contributed by atoms with E-state index in [0.29, 0.717) is 11.8 Å². The van der Waals surface area contributed by atoms with Crippen LogP contribution in [0.25, 0.3) is 10.9 Å². The first kappa shape index (κ1) is 11.7. The molecule has 1 heterocycles. The third-order valence-electron chi connectivity index (χ3n) is 4.27. The van der Waals surface area contributed by atoms with Crippen molar-refractivity contribution in [2.24, 2.45) is 11.7 Å². The minimum Gasteiger partial charge on any atom is -0.330 e. The molecule has 2 atom stereocenters. The van der Waals surface area contributed by atoms with Crippen molar-refractivity contribution in [2.75, 3.05) is 6.54 Å². The highest BCUT2D eigenvalue weighted by Crippen LogP contribution is 2.37. The topological polar surface area (TPSA) is 38.9 Å². The smallest absolute Gasteiger partial charge is 0.0702 e. The van der Waals surface area contributed by atoms with Gasteiger partial charge in [0.1, 0.15) is 0 Å². The Morgan fingerprint density at radius 3 is 2.94 bits per heavy atom. The Morgan fingerprint density at radius 1 is 1.17 bits per heavy atom. The van der Waals surface area contributed by atoms with Crippen LogP contribution in [0.3, 0.4) is 0 Å². The molecule has 0 amide bonds. The molecule has 3 rings (SSSR count). The number of hydrogen-bond donors (Lipinski definition) is 1. The Kier molecular flexibility index (Phi) is 3.28. The van der Waals surface area contributed by atoms with E-state index in [1.54, 1.807) is 0 Å². The van der Waals surface area contributed by atoms with Gasteiger partial charge in [-0.2, -0.15) is 0 Å². The van der Waals surface area contributed by atoms with Crippen LogP contribution in [0.15, 0.2) is 36.5 Å². The summed E-state index contributed by atoms with van der Waals surface area (Å²) in [6.07, 6.45) is 7.10. The quantitative estimate of drug-likeness (QED) is 0.873. The maximum Gasteiger partial charge on any atom is 0.0702 e. The number of aromatic nitrogens is 1. The number of nitrogens with two attached hydrogens (primary N) is 1. The molecule has 0 bridgehead atoms. The van der Waals surface area contributed by atoms with Gasteiger partial charge >= 0.3 is 0 Å². The van der Waals surface area contributed by atoms with E-state index in [4.69, 9.17) is 5.73 Å². The lowest BCUT2D eigenvalue weighted by molar-refractivity contribution is 0.314. The summed E-state index contributed by atoms with van der Waals surface area (Å²) in [5, 5.41) is 1.25. The summed E-state index contributed by atoms with van der Waals surface area (Å²) in [5.74, 6) is 1.31. The van der Waals surface area contributed by atoms with Gasteiger partial charge in [-0.05, 0) is 55.0 Å². The van der Waals surface area contributed by atoms with Gasteiger partial charge in [-0.1, -0.05) is 25.0 Å². The lowest BCUT2D eigenvalue weighted by Crippen LogP contribution is -2.25. The van der Waals surface area contributed by atoms with Gasteiger partial charge in [0.05, 0.1) is 5.52 Å². The fourth-order valence-electron chi connectivity index (χ4n) is 3.25. The van der Waals surface area contributed by atoms with E-state index in [0.717, 1.165) is 12.1 Å². The number of benzene rings is 1. The van der Waals surface area contributed by atoms with Crippen LogP contribution in [-0.4, -0.2) is 11.5 Å². The zero-order valence-corrected chi connectivity index (χ0v) is 10.7. The molecule has 0 aliphatic heterocycles. The van der Waals surface area contributed by atoms with E-state index in [1.807, 2.05) is 12.3 Å². The minimum atomic E-state index is 0.647. The summed E-state index contributed by atoms with van der Waals surface area (Å²) in [7, 11) is 0. The molecule has 0 saturated heterocycles. The number of hydrogen-bond acceptors (Lipinski definition) is 2. The molecule has 1 saturated carbocycles. The average Bonchev–Trinajstić information content (AvgIpc) is 2.46. The van der Waals surface area contributed by atoms with Crippen molar-refractivity contribution in [3.63, 3.8) is 0 Å². The predicted octanol–water partition coefficient (Wildman–Crippen LogP) is 3.47. The van der Waals surface area contributed by atoms with Gasteiger partial charge < -0.3 is 5.73 Å². The standard InChI is InChI=1S/C16H20N2/c17-11-14-4-1-2-6-15(14)12-7-8-16-13(10-12)5-3-9-18-16/h3,5,7-10,14-15H,1-2,4,6,11,17H2. The molecule has 18 heavy (non-hydrogen) atoms. The van der Waals surface area contributed by atoms with Crippen LogP contribution in [0.4, 0.5) is 0 Å². The first-order valence-electron chi connectivity index (χ1n) is 6.93. The normalized spacial score (nSPS) is 24.3. The maximum atomic E-state index is 5.93. The highest BCUT2D eigenvalue weighted by molar-refractivity contribution is 5.79. The fraction of sp³-hybridized carbons (Fsp3) is 0.438. The molecule has 2 aromatic rings. The summed E-state index contributed by atoms with van der Waals surface area (Å²) in [6, 6.07) is 10.8. The van der Waals surface area contributed by atoms with E-state index in [1.165, 1.54) is 36.6 Å². The Morgan fingerprint density at radius 2 is 2.06 bits per heavy atom. The molecular formula is C16H20N2. The largest absolute Gasteiger partial charge is 0.330 e. The first-order chi connectivity index (χ1) is 8.88. The fourth-order valence-corrected chi connectivity index (χ4v) is 3.25. The van der Waals surface area contributed by atoms with Crippen LogP contribution in [0.5, 0.6) is 0 Å². The molecule has 2 heteroatoms. The van der Waals surface area contributed by atoms with Crippen LogP contribution < -0.4 is 5.73 Å². The maximum absolute atomic E-state index is 5.93. The van der Waals surface area contributed by atoms with Crippen molar-refractivity contribution >= 4 is 10.9 Å². The van der Waals surface area contributed by atoms with Crippen molar-refractivity contribution < 1.29 is 0 Å². The highest BCUT2D eigenvalue weighted by Gasteiger charge is 2.25. The van der Waals surface area contributed by atoms with Crippen LogP contribution in [-0.2, 0) is 0 Å².